The van der Waals surface area contributed by atoms with Crippen LogP contribution in [0.25, 0.3) is 0 Å². The molecule has 2 N–H and O–H groups in total. The van der Waals surface area contributed by atoms with Gasteiger partial charge in [-0.15, -0.1) is 0 Å². The van der Waals surface area contributed by atoms with Crippen LogP contribution in [-0.4, -0.2) is 33.7 Å². The van der Waals surface area contributed by atoms with Gasteiger partial charge in [0.05, 0.1) is 4.90 Å². The summed E-state index contributed by atoms with van der Waals surface area (Å²) in [5.41, 5.74) is 7.16. The van der Waals surface area contributed by atoms with Gasteiger partial charge in [-0.1, -0.05) is 6.07 Å². The van der Waals surface area contributed by atoms with Crippen molar-refractivity contribution in [1.29, 1.82) is 0 Å². The van der Waals surface area contributed by atoms with Crippen LogP contribution in [0.4, 0.5) is 5.69 Å². The maximum Gasteiger partial charge on any atom is 0.227 e. The number of anilines is 1. The van der Waals surface area contributed by atoms with Gasteiger partial charge in [0.2, 0.25) is 5.91 Å². The number of nitrogens with zero attached hydrogens (tertiary/aromatic N) is 1. The SMILES string of the molecule is Cc1ccc(S(C)(=O)=O)cc1N1CC(CN)CC1=O. The van der Waals surface area contributed by atoms with E-state index in [4.69, 9.17) is 5.73 Å². The standard InChI is InChI=1S/C13H18N2O3S/c1-9-3-4-11(19(2,17)18)6-12(9)15-8-10(7-14)5-13(15)16/h3-4,6,10H,5,7-8,14H2,1-2H3. The van der Waals surface area contributed by atoms with Gasteiger partial charge in [0, 0.05) is 24.9 Å². The molecule has 0 aliphatic carbocycles. The van der Waals surface area contributed by atoms with E-state index >= 15 is 0 Å². The molecule has 0 bridgehead atoms. The summed E-state index contributed by atoms with van der Waals surface area (Å²) in [7, 11) is -3.27. The van der Waals surface area contributed by atoms with Crippen LogP contribution in [0.1, 0.15) is 12.0 Å². The van der Waals surface area contributed by atoms with Crippen molar-refractivity contribution in [2.75, 3.05) is 24.2 Å². The first-order valence-corrected chi connectivity index (χ1v) is 8.03. The van der Waals surface area contributed by atoms with E-state index in [1.54, 1.807) is 23.1 Å². The van der Waals surface area contributed by atoms with E-state index in [0.29, 0.717) is 25.2 Å². The molecule has 0 saturated carbocycles. The van der Waals surface area contributed by atoms with Gasteiger partial charge in [-0.25, -0.2) is 8.42 Å². The van der Waals surface area contributed by atoms with Gasteiger partial charge in [0.1, 0.15) is 0 Å². The van der Waals surface area contributed by atoms with E-state index < -0.39 is 9.84 Å². The molecular weight excluding hydrogens is 264 g/mol. The molecule has 0 aromatic heterocycles. The minimum atomic E-state index is -3.27. The van der Waals surface area contributed by atoms with Gasteiger partial charge in [-0.3, -0.25) is 4.79 Å². The second kappa shape index (κ2) is 4.94. The zero-order valence-electron chi connectivity index (χ0n) is 11.1. The number of rotatable bonds is 3. The Bertz CT molecular complexity index is 610. The van der Waals surface area contributed by atoms with Crippen molar-refractivity contribution < 1.29 is 13.2 Å². The van der Waals surface area contributed by atoms with Gasteiger partial charge in [-0.2, -0.15) is 0 Å². The fourth-order valence-corrected chi connectivity index (χ4v) is 2.92. The van der Waals surface area contributed by atoms with Gasteiger partial charge in [0.15, 0.2) is 9.84 Å². The van der Waals surface area contributed by atoms with Crippen molar-refractivity contribution in [2.24, 2.45) is 11.7 Å². The number of nitrogens with two attached hydrogens (primary N) is 1. The number of aryl methyl sites for hydroxylation is 1. The first kappa shape index (κ1) is 14.0. The number of carbonyl (C=O) groups is 1. The highest BCUT2D eigenvalue weighted by atomic mass is 32.2. The number of benzene rings is 1. The largest absolute Gasteiger partial charge is 0.330 e. The Hall–Kier alpha value is -1.40. The van der Waals surface area contributed by atoms with E-state index in [0.717, 1.165) is 11.8 Å². The van der Waals surface area contributed by atoms with Crippen molar-refractivity contribution in [1.82, 2.24) is 0 Å². The van der Waals surface area contributed by atoms with Crippen LogP contribution < -0.4 is 10.6 Å². The molecule has 19 heavy (non-hydrogen) atoms. The second-order valence-electron chi connectivity index (χ2n) is 5.03. The molecule has 5 nitrogen and oxygen atoms in total. The smallest absolute Gasteiger partial charge is 0.227 e. The topological polar surface area (TPSA) is 80.5 Å². The lowest BCUT2D eigenvalue weighted by atomic mass is 10.1. The molecule has 0 spiro atoms. The molecule has 1 unspecified atom stereocenters. The average molecular weight is 282 g/mol. The fraction of sp³-hybridized carbons (Fsp3) is 0.462. The molecule has 1 amide bonds. The number of carbonyl (C=O) groups excluding carboxylic acids is 1. The van der Waals surface area contributed by atoms with Crippen molar-refractivity contribution in [3.63, 3.8) is 0 Å². The Morgan fingerprint density at radius 3 is 2.63 bits per heavy atom. The maximum absolute atomic E-state index is 12.0. The summed E-state index contributed by atoms with van der Waals surface area (Å²) in [6.07, 6.45) is 1.59. The Labute approximate surface area is 113 Å². The molecule has 1 heterocycles. The molecule has 1 saturated heterocycles. The lowest BCUT2D eigenvalue weighted by molar-refractivity contribution is -0.117. The normalized spacial score (nSPS) is 20.1. The summed E-state index contributed by atoms with van der Waals surface area (Å²) < 4.78 is 23.2. The second-order valence-corrected chi connectivity index (χ2v) is 7.05. The summed E-state index contributed by atoms with van der Waals surface area (Å²) >= 11 is 0. The summed E-state index contributed by atoms with van der Waals surface area (Å²) in [6, 6.07) is 4.87. The van der Waals surface area contributed by atoms with E-state index in [2.05, 4.69) is 0 Å². The highest BCUT2D eigenvalue weighted by molar-refractivity contribution is 7.90. The third-order valence-corrected chi connectivity index (χ3v) is 4.55. The third-order valence-electron chi connectivity index (χ3n) is 3.44. The van der Waals surface area contributed by atoms with Gasteiger partial charge in [-0.05, 0) is 37.1 Å². The Kier molecular flexibility index (Phi) is 3.64. The minimum absolute atomic E-state index is 0.00389. The number of hydrogen-bond donors (Lipinski definition) is 1. The van der Waals surface area contributed by atoms with Crippen LogP contribution in [0.2, 0.25) is 0 Å². The van der Waals surface area contributed by atoms with Gasteiger partial charge >= 0.3 is 0 Å². The summed E-state index contributed by atoms with van der Waals surface area (Å²) in [6.45, 7) is 2.89. The van der Waals surface area contributed by atoms with Crippen molar-refractivity contribution in [3.8, 4) is 0 Å². The van der Waals surface area contributed by atoms with Crippen LogP contribution in [0.5, 0.6) is 0 Å². The Morgan fingerprint density at radius 2 is 2.11 bits per heavy atom. The lowest BCUT2D eigenvalue weighted by Crippen LogP contribution is -2.26. The highest BCUT2D eigenvalue weighted by Gasteiger charge is 2.30. The first-order chi connectivity index (χ1) is 8.82. The number of hydrogen-bond acceptors (Lipinski definition) is 4. The molecule has 1 aromatic carbocycles. The molecule has 6 heteroatoms. The molecular formula is C13H18N2O3S. The summed E-state index contributed by atoms with van der Waals surface area (Å²) in [5, 5.41) is 0. The van der Waals surface area contributed by atoms with E-state index in [-0.39, 0.29) is 16.7 Å². The fourth-order valence-electron chi connectivity index (χ4n) is 2.28. The first-order valence-electron chi connectivity index (χ1n) is 6.14. The summed E-state index contributed by atoms with van der Waals surface area (Å²) in [5.74, 6) is 0.151. The predicted octanol–water partition coefficient (Wildman–Crippen LogP) is 0.710. The molecule has 104 valence electrons. The monoisotopic (exact) mass is 282 g/mol. The Morgan fingerprint density at radius 1 is 1.42 bits per heavy atom. The minimum Gasteiger partial charge on any atom is -0.330 e. The quantitative estimate of drug-likeness (QED) is 0.885. The molecule has 2 rings (SSSR count). The highest BCUT2D eigenvalue weighted by Crippen LogP contribution is 2.29. The molecule has 1 aliphatic rings. The van der Waals surface area contributed by atoms with E-state index in [9.17, 15) is 13.2 Å². The molecule has 1 fully saturated rings. The Balaban J connectivity index is 2.42. The summed E-state index contributed by atoms with van der Waals surface area (Å²) in [4.78, 5) is 13.9. The van der Waals surface area contributed by atoms with Crippen LogP contribution in [-0.2, 0) is 14.6 Å². The third kappa shape index (κ3) is 2.79. The number of sulfone groups is 1. The van der Waals surface area contributed by atoms with Crippen molar-refractivity contribution in [3.05, 3.63) is 23.8 Å². The van der Waals surface area contributed by atoms with E-state index in [1.165, 1.54) is 0 Å². The van der Waals surface area contributed by atoms with Gasteiger partial charge in [0.25, 0.3) is 0 Å². The zero-order chi connectivity index (χ0) is 14.2. The number of amides is 1. The van der Waals surface area contributed by atoms with Crippen molar-refractivity contribution >= 4 is 21.4 Å². The molecule has 1 aromatic rings. The van der Waals surface area contributed by atoms with Crippen LogP contribution >= 0.6 is 0 Å². The predicted molar refractivity (Wildman–Crippen MR) is 73.8 cm³/mol. The zero-order valence-corrected chi connectivity index (χ0v) is 11.9. The van der Waals surface area contributed by atoms with Crippen molar-refractivity contribution in [2.45, 2.75) is 18.2 Å². The molecule has 0 radical (unpaired) electrons. The van der Waals surface area contributed by atoms with Crippen LogP contribution in [0, 0.1) is 12.8 Å². The van der Waals surface area contributed by atoms with Crippen LogP contribution in [0.3, 0.4) is 0 Å². The molecule has 1 atom stereocenters. The average Bonchev–Trinajstić information content (AvgIpc) is 2.69. The van der Waals surface area contributed by atoms with Gasteiger partial charge < -0.3 is 10.6 Å². The van der Waals surface area contributed by atoms with E-state index in [1.807, 2.05) is 6.92 Å². The molecule has 1 aliphatic heterocycles. The van der Waals surface area contributed by atoms with Crippen LogP contribution in [0.15, 0.2) is 23.1 Å². The lowest BCUT2D eigenvalue weighted by Gasteiger charge is -2.19. The maximum atomic E-state index is 12.0.